The molecule has 1 N–H and O–H groups in total. The third-order valence-electron chi connectivity index (χ3n) is 1.91. The highest BCUT2D eigenvalue weighted by atomic mass is 19.3. The fourth-order valence-corrected chi connectivity index (χ4v) is 1.26. The first-order valence-corrected chi connectivity index (χ1v) is 4.19. The number of aromatic nitrogens is 2. The number of hydrogen-bond acceptors (Lipinski definition) is 3. The van der Waals surface area contributed by atoms with Crippen LogP contribution in [0.2, 0.25) is 0 Å². The van der Waals surface area contributed by atoms with Gasteiger partial charge in [-0.05, 0) is 6.07 Å². The van der Waals surface area contributed by atoms with E-state index in [4.69, 9.17) is 0 Å². The summed E-state index contributed by atoms with van der Waals surface area (Å²) in [6.45, 7) is -3.13. The van der Waals surface area contributed by atoms with Gasteiger partial charge in [0.2, 0.25) is 0 Å². The van der Waals surface area contributed by atoms with Gasteiger partial charge in [-0.3, -0.25) is 4.79 Å². The Labute approximate surface area is 86.7 Å². The second-order valence-corrected chi connectivity index (χ2v) is 2.91. The minimum absolute atomic E-state index is 0.0263. The number of benzene rings is 1. The van der Waals surface area contributed by atoms with Gasteiger partial charge in [-0.1, -0.05) is 0 Å². The average molecular weight is 230 g/mol. The summed E-state index contributed by atoms with van der Waals surface area (Å²) in [7, 11) is 0. The van der Waals surface area contributed by atoms with Crippen LogP contribution in [0.3, 0.4) is 0 Å². The van der Waals surface area contributed by atoms with Gasteiger partial charge in [0, 0.05) is 6.07 Å². The molecule has 1 aromatic carbocycles. The normalized spacial score (nSPS) is 11.0. The highest BCUT2D eigenvalue weighted by molar-refractivity contribution is 5.78. The lowest BCUT2D eigenvalue weighted by atomic mass is 10.2. The van der Waals surface area contributed by atoms with Crippen LogP contribution >= 0.6 is 0 Å². The highest BCUT2D eigenvalue weighted by Gasteiger charge is 2.12. The fourth-order valence-electron chi connectivity index (χ4n) is 1.26. The van der Waals surface area contributed by atoms with Crippen LogP contribution in [0, 0.1) is 5.82 Å². The standard InChI is InChI=1S/C9H5F3N2O2/c10-5-1-4-6(13-3-14-8(4)15)2-7(5)16-9(11)12/h1-3,9H,(H,13,14,15). The Bertz CT molecular complexity index is 582. The third-order valence-corrected chi connectivity index (χ3v) is 1.91. The number of hydrogen-bond donors (Lipinski definition) is 1. The molecular formula is C9H5F3N2O2. The summed E-state index contributed by atoms with van der Waals surface area (Å²) in [5.41, 5.74) is -0.465. The van der Waals surface area contributed by atoms with E-state index in [1.54, 1.807) is 0 Å². The van der Waals surface area contributed by atoms with Crippen molar-refractivity contribution in [3.05, 3.63) is 34.6 Å². The molecule has 0 fully saturated rings. The molecule has 1 heterocycles. The maximum absolute atomic E-state index is 13.2. The van der Waals surface area contributed by atoms with Gasteiger partial charge in [-0.25, -0.2) is 9.37 Å². The van der Waals surface area contributed by atoms with Gasteiger partial charge in [-0.15, -0.1) is 0 Å². The predicted molar refractivity (Wildman–Crippen MR) is 49.0 cm³/mol. The summed E-state index contributed by atoms with van der Waals surface area (Å²) < 4.78 is 41.0. The van der Waals surface area contributed by atoms with Gasteiger partial charge < -0.3 is 9.72 Å². The molecule has 7 heteroatoms. The summed E-state index contributed by atoms with van der Waals surface area (Å²) >= 11 is 0. The first kappa shape index (κ1) is 10.5. The van der Waals surface area contributed by atoms with Crippen molar-refractivity contribution in [2.45, 2.75) is 6.61 Å². The van der Waals surface area contributed by atoms with Crippen molar-refractivity contribution < 1.29 is 17.9 Å². The Morgan fingerprint density at radius 1 is 1.38 bits per heavy atom. The van der Waals surface area contributed by atoms with Crippen LogP contribution in [-0.2, 0) is 0 Å². The quantitative estimate of drug-likeness (QED) is 0.853. The van der Waals surface area contributed by atoms with Gasteiger partial charge in [-0.2, -0.15) is 8.78 Å². The molecule has 0 radical (unpaired) electrons. The smallest absolute Gasteiger partial charge is 0.387 e. The van der Waals surface area contributed by atoms with Crippen LogP contribution in [0.5, 0.6) is 5.75 Å². The zero-order valence-corrected chi connectivity index (χ0v) is 7.71. The van der Waals surface area contributed by atoms with E-state index in [0.717, 1.165) is 18.5 Å². The zero-order valence-electron chi connectivity index (χ0n) is 7.71. The topological polar surface area (TPSA) is 55.0 Å². The molecule has 2 aromatic rings. The van der Waals surface area contributed by atoms with Crippen LogP contribution < -0.4 is 10.3 Å². The van der Waals surface area contributed by atoms with Gasteiger partial charge in [0.05, 0.1) is 17.2 Å². The second kappa shape index (κ2) is 3.84. The number of nitrogens with zero attached hydrogens (tertiary/aromatic N) is 1. The van der Waals surface area contributed by atoms with Crippen molar-refractivity contribution in [2.75, 3.05) is 0 Å². The molecule has 0 bridgehead atoms. The van der Waals surface area contributed by atoms with E-state index >= 15 is 0 Å². The maximum atomic E-state index is 13.2. The number of nitrogens with one attached hydrogen (secondary N) is 1. The largest absolute Gasteiger partial charge is 0.432 e. The molecule has 16 heavy (non-hydrogen) atoms. The molecule has 0 spiro atoms. The first-order chi connectivity index (χ1) is 7.58. The van der Waals surface area contributed by atoms with Crippen molar-refractivity contribution in [2.24, 2.45) is 0 Å². The Kier molecular flexibility index (Phi) is 2.51. The summed E-state index contributed by atoms with van der Waals surface area (Å²) in [4.78, 5) is 17.2. The third kappa shape index (κ3) is 1.83. The summed E-state index contributed by atoms with van der Waals surface area (Å²) in [6, 6.07) is 1.75. The molecule has 0 unspecified atom stereocenters. The van der Waals surface area contributed by atoms with Crippen LogP contribution in [0.15, 0.2) is 23.3 Å². The Balaban J connectivity index is 2.63. The fraction of sp³-hybridized carbons (Fsp3) is 0.111. The summed E-state index contributed by atoms with van der Waals surface area (Å²) in [5, 5.41) is -0.0263. The molecule has 0 aliphatic heterocycles. The van der Waals surface area contributed by atoms with Crippen molar-refractivity contribution in [3.8, 4) is 5.75 Å². The lowest BCUT2D eigenvalue weighted by Crippen LogP contribution is -2.08. The number of H-pyrrole nitrogens is 1. The van der Waals surface area contributed by atoms with Gasteiger partial charge in [0.1, 0.15) is 0 Å². The average Bonchev–Trinajstić information content (AvgIpc) is 2.20. The monoisotopic (exact) mass is 230 g/mol. The van der Waals surface area contributed by atoms with Gasteiger partial charge in [0.25, 0.3) is 5.56 Å². The molecule has 0 amide bonds. The lowest BCUT2D eigenvalue weighted by Gasteiger charge is -2.06. The molecule has 84 valence electrons. The second-order valence-electron chi connectivity index (χ2n) is 2.91. The molecule has 0 saturated heterocycles. The number of ether oxygens (including phenoxy) is 1. The number of rotatable bonds is 2. The van der Waals surface area contributed by atoms with Crippen LogP contribution in [0.25, 0.3) is 10.9 Å². The van der Waals surface area contributed by atoms with E-state index in [9.17, 15) is 18.0 Å². The molecule has 0 saturated carbocycles. The number of halogens is 3. The van der Waals surface area contributed by atoms with Gasteiger partial charge >= 0.3 is 6.61 Å². The Hall–Kier alpha value is -2.05. The van der Waals surface area contributed by atoms with E-state index in [1.165, 1.54) is 0 Å². The van der Waals surface area contributed by atoms with Crippen molar-refractivity contribution in [1.29, 1.82) is 0 Å². The van der Waals surface area contributed by atoms with E-state index in [0.29, 0.717) is 0 Å². The van der Waals surface area contributed by atoms with E-state index < -0.39 is 23.7 Å². The SMILES string of the molecule is O=c1[nH]cnc2cc(OC(F)F)c(F)cc12. The summed E-state index contributed by atoms with van der Waals surface area (Å²) in [5.74, 6) is -1.67. The van der Waals surface area contributed by atoms with Crippen LogP contribution in [-0.4, -0.2) is 16.6 Å². The number of aromatic amines is 1. The minimum Gasteiger partial charge on any atom is -0.432 e. The van der Waals surface area contributed by atoms with E-state index in [-0.39, 0.29) is 10.9 Å². The first-order valence-electron chi connectivity index (χ1n) is 4.19. The Morgan fingerprint density at radius 3 is 2.81 bits per heavy atom. The minimum atomic E-state index is -3.13. The van der Waals surface area contributed by atoms with Crippen molar-refractivity contribution >= 4 is 10.9 Å². The summed E-state index contributed by atoms with van der Waals surface area (Å²) in [6.07, 6.45) is 1.09. The number of fused-ring (bicyclic) bond motifs is 1. The van der Waals surface area contributed by atoms with Crippen LogP contribution in [0.1, 0.15) is 0 Å². The molecule has 0 aliphatic rings. The van der Waals surface area contributed by atoms with Crippen molar-refractivity contribution in [3.63, 3.8) is 0 Å². The lowest BCUT2D eigenvalue weighted by molar-refractivity contribution is -0.0520. The maximum Gasteiger partial charge on any atom is 0.387 e. The zero-order chi connectivity index (χ0) is 11.7. The van der Waals surface area contributed by atoms with E-state index in [2.05, 4.69) is 14.7 Å². The van der Waals surface area contributed by atoms with Gasteiger partial charge in [0.15, 0.2) is 11.6 Å². The molecule has 0 aliphatic carbocycles. The molecule has 0 atom stereocenters. The predicted octanol–water partition coefficient (Wildman–Crippen LogP) is 1.66. The van der Waals surface area contributed by atoms with Crippen molar-refractivity contribution in [1.82, 2.24) is 9.97 Å². The molecular weight excluding hydrogens is 225 g/mol. The van der Waals surface area contributed by atoms with E-state index in [1.807, 2.05) is 0 Å². The number of alkyl halides is 2. The highest BCUT2D eigenvalue weighted by Crippen LogP contribution is 2.22. The Morgan fingerprint density at radius 2 is 2.12 bits per heavy atom. The van der Waals surface area contributed by atoms with Crippen LogP contribution in [0.4, 0.5) is 13.2 Å². The molecule has 4 nitrogen and oxygen atoms in total. The molecule has 2 rings (SSSR count). The molecule has 1 aromatic heterocycles.